The fraction of sp³-hybridized carbons (Fsp3) is 0.482. The molecule has 4 aliphatic rings. The minimum atomic E-state index is -0.801. The van der Waals surface area contributed by atoms with Gasteiger partial charge in [-0.2, -0.15) is 10.1 Å². The number of aromatic hydroxyl groups is 1. The van der Waals surface area contributed by atoms with E-state index in [-0.39, 0.29) is 42.5 Å². The van der Waals surface area contributed by atoms with Gasteiger partial charge in [0.1, 0.15) is 23.5 Å². The molecule has 1 aliphatic carbocycles. The van der Waals surface area contributed by atoms with Gasteiger partial charge in [-0.3, -0.25) is 18.7 Å². The Bertz CT molecular complexity index is 3110. The molecule has 19 heteroatoms. The van der Waals surface area contributed by atoms with Crippen LogP contribution in [0, 0.1) is 24.7 Å². The van der Waals surface area contributed by atoms with Crippen molar-refractivity contribution in [3.63, 3.8) is 0 Å². The number of hydrogen-bond donors (Lipinski definition) is 4. The Hall–Kier alpha value is -6.67. The lowest BCUT2D eigenvalue weighted by molar-refractivity contribution is -0.141. The van der Waals surface area contributed by atoms with Crippen LogP contribution in [0.5, 0.6) is 5.75 Å². The van der Waals surface area contributed by atoms with Crippen LogP contribution >= 0.6 is 11.3 Å². The van der Waals surface area contributed by atoms with Gasteiger partial charge in [-0.1, -0.05) is 55.4 Å². The van der Waals surface area contributed by atoms with Crippen molar-refractivity contribution in [2.24, 2.45) is 17.8 Å². The third kappa shape index (κ3) is 10.9. The number of phenols is 1. The second-order valence-corrected chi connectivity index (χ2v) is 22.5. The number of nitrogens with two attached hydrogens (primary N) is 1. The van der Waals surface area contributed by atoms with Crippen LogP contribution < -0.4 is 16.0 Å². The van der Waals surface area contributed by atoms with Crippen LogP contribution in [0.2, 0.25) is 0 Å². The molecule has 4 fully saturated rings. The summed E-state index contributed by atoms with van der Waals surface area (Å²) in [4.78, 5) is 49.2. The predicted octanol–water partition coefficient (Wildman–Crippen LogP) is 7.72. The number of likely N-dealkylation sites (tertiary alicyclic amines) is 2. The number of amides is 2. The Morgan fingerprint density at radius 2 is 1.67 bits per heavy atom. The maximum Gasteiger partial charge on any atom is 0.243 e. The van der Waals surface area contributed by atoms with Crippen molar-refractivity contribution in [3.05, 3.63) is 102 Å². The van der Waals surface area contributed by atoms with Crippen LogP contribution in [0.1, 0.15) is 94.7 Å². The molecule has 0 spiro atoms. The summed E-state index contributed by atoms with van der Waals surface area (Å²) >= 11 is 1.60. The lowest BCUT2D eigenvalue weighted by Crippen LogP contribution is -2.48. The normalized spacial score (nSPS) is 21.7. The average molecular weight is 1040 g/mol. The fourth-order valence-electron chi connectivity index (χ4n) is 11.7. The first-order valence-electron chi connectivity index (χ1n) is 26.6. The third-order valence-electron chi connectivity index (χ3n) is 16.0. The first-order valence-corrected chi connectivity index (χ1v) is 27.5. The molecule has 2 aromatic carbocycles. The molecule has 2 amide bonds. The van der Waals surface area contributed by atoms with Gasteiger partial charge in [0, 0.05) is 93.6 Å². The number of phenolic OH excluding ortho intramolecular Hbond substituents is 1. The van der Waals surface area contributed by atoms with Crippen molar-refractivity contribution in [3.8, 4) is 38.6 Å². The summed E-state index contributed by atoms with van der Waals surface area (Å²) < 4.78 is 16.4. The first-order chi connectivity index (χ1) is 36.3. The second kappa shape index (κ2) is 21.5. The molecular formula is C56H68N12O6S. The fourth-order valence-corrected chi connectivity index (χ4v) is 12.5. The van der Waals surface area contributed by atoms with E-state index >= 15 is 0 Å². The molecule has 75 heavy (non-hydrogen) atoms. The summed E-state index contributed by atoms with van der Waals surface area (Å²) in [6, 6.07) is 16.0. The lowest BCUT2D eigenvalue weighted by Gasteiger charge is -2.41. The molecule has 0 radical (unpaired) electrons. The van der Waals surface area contributed by atoms with E-state index in [9.17, 15) is 19.8 Å². The Labute approximate surface area is 440 Å². The highest BCUT2D eigenvalue weighted by atomic mass is 32.1. The van der Waals surface area contributed by atoms with Crippen LogP contribution in [0.4, 0.5) is 11.6 Å². The third-order valence-corrected chi connectivity index (χ3v) is 17.0. The number of benzene rings is 2. The quantitative estimate of drug-likeness (QED) is 0.0729. The highest BCUT2D eigenvalue weighted by molar-refractivity contribution is 7.13. The van der Waals surface area contributed by atoms with Gasteiger partial charge in [0.05, 0.1) is 52.3 Å². The minimum absolute atomic E-state index is 0.0858. The van der Waals surface area contributed by atoms with E-state index in [1.807, 2.05) is 110 Å². The Balaban J connectivity index is 0.606. The average Bonchev–Trinajstić information content (AvgIpc) is 4.27. The topological polar surface area (TPSA) is 219 Å². The van der Waals surface area contributed by atoms with Crippen LogP contribution in [-0.2, 0) is 20.9 Å². The Kier molecular flexibility index (Phi) is 14.5. The summed E-state index contributed by atoms with van der Waals surface area (Å²) in [5.74, 6) is 2.03. The molecule has 4 atom stereocenters. The van der Waals surface area contributed by atoms with Crippen molar-refractivity contribution in [1.29, 1.82) is 0 Å². The van der Waals surface area contributed by atoms with Gasteiger partial charge in [-0.15, -0.1) is 11.3 Å². The van der Waals surface area contributed by atoms with E-state index < -0.39 is 18.1 Å². The molecule has 3 saturated heterocycles. The van der Waals surface area contributed by atoms with E-state index in [2.05, 4.69) is 40.3 Å². The van der Waals surface area contributed by atoms with Crippen molar-refractivity contribution < 1.29 is 29.1 Å². The molecule has 0 bridgehead atoms. The largest absolute Gasteiger partial charge is 0.507 e. The highest BCUT2D eigenvalue weighted by Gasteiger charge is 2.44. The standard InChI is InChI=1S/C56H68N12O6S/c1-33(2)51(55(72)68-29-41(69)23-47(68)54(71)60-34(3)38-9-11-39(12-10-38)52-35(4)58-32-75-52)49-24-50(63-74-49)65-19-13-36(14-20-65)26-64-17-15-42(16-18-64)73-43-21-37(22-43)27-67-28-40(25-59-67)45-30-66-31-46(61-56(66)62-53(45)57)44-7-5-6-8-48(44)70/h5-12,24-25,28,30-34,36-37,41-43,47,51,69-70H,13-23,26-27,29H2,1-4H3,(H,60,71)(H2,57,61,62)/t34-,37?,41+,43?,47-,51+/m0/s1. The molecule has 394 valence electrons. The molecule has 7 aromatic rings. The monoisotopic (exact) mass is 1040 g/mol. The van der Waals surface area contributed by atoms with Gasteiger partial charge in [0.25, 0.3) is 0 Å². The molecule has 5 N–H and O–H groups in total. The second-order valence-electron chi connectivity index (χ2n) is 21.7. The van der Waals surface area contributed by atoms with Crippen LogP contribution in [0.25, 0.3) is 38.6 Å². The van der Waals surface area contributed by atoms with Gasteiger partial charge >= 0.3 is 0 Å². The number of fused-ring (bicyclic) bond motifs is 1. The number of carbonyl (C=O) groups is 2. The highest BCUT2D eigenvalue weighted by Crippen LogP contribution is 2.37. The van der Waals surface area contributed by atoms with Gasteiger partial charge < -0.3 is 45.2 Å². The van der Waals surface area contributed by atoms with Gasteiger partial charge in [0.2, 0.25) is 17.6 Å². The molecule has 8 heterocycles. The molecule has 5 aromatic heterocycles. The number of ether oxygens (including phenoxy) is 1. The maximum absolute atomic E-state index is 14.4. The van der Waals surface area contributed by atoms with Gasteiger partial charge in [-0.05, 0) is 93.4 Å². The smallest absolute Gasteiger partial charge is 0.243 e. The number of piperidine rings is 2. The summed E-state index contributed by atoms with van der Waals surface area (Å²) in [5.41, 5.74) is 14.2. The number of para-hydroxylation sites is 1. The number of aliphatic hydroxyl groups is 1. The van der Waals surface area contributed by atoms with E-state index in [1.54, 1.807) is 23.5 Å². The maximum atomic E-state index is 14.4. The number of aliphatic hydroxyl groups excluding tert-OH is 1. The number of hydrogen-bond acceptors (Lipinski definition) is 15. The summed E-state index contributed by atoms with van der Waals surface area (Å²) in [6.07, 6.45) is 13.9. The van der Waals surface area contributed by atoms with Crippen molar-refractivity contribution in [2.45, 2.75) is 115 Å². The predicted molar refractivity (Wildman–Crippen MR) is 287 cm³/mol. The number of anilines is 2. The SMILES string of the molecule is Cc1ncsc1-c1ccc([C@H](C)NC(=O)[C@@H]2C[C@@H](O)CN2C(=O)[C@@H](c2cc(N3CCC(CN4CCC(OC5CC(Cn6cc(-c7cn8cc(-c9ccccc9O)nc8nc7N)cn6)C5)CC4)CC3)no2)C(C)C)cc1. The summed E-state index contributed by atoms with van der Waals surface area (Å²) in [6.45, 7) is 13.7. The Morgan fingerprint density at radius 3 is 2.40 bits per heavy atom. The molecule has 3 aliphatic heterocycles. The Morgan fingerprint density at radius 1 is 0.893 bits per heavy atom. The number of β-amino-alcohol motifs (C(OH)–C–C–N with tert-alkyl or cyclic N) is 1. The van der Waals surface area contributed by atoms with Gasteiger partial charge in [-0.25, -0.2) is 9.97 Å². The summed E-state index contributed by atoms with van der Waals surface area (Å²) in [5, 5.41) is 33.4. The number of carbonyl (C=O) groups excluding carboxylic acids is 2. The zero-order chi connectivity index (χ0) is 51.9. The van der Waals surface area contributed by atoms with Gasteiger partial charge in [0.15, 0.2) is 11.6 Å². The van der Waals surface area contributed by atoms with E-state index in [0.29, 0.717) is 52.7 Å². The summed E-state index contributed by atoms with van der Waals surface area (Å²) in [7, 11) is 0. The number of nitrogens with one attached hydrogen (secondary N) is 1. The van der Waals surface area contributed by atoms with E-state index in [1.165, 1.54) is 4.90 Å². The zero-order valence-electron chi connectivity index (χ0n) is 43.2. The molecule has 11 rings (SSSR count). The van der Waals surface area contributed by atoms with Crippen LogP contribution in [-0.4, -0.2) is 130 Å². The number of aryl methyl sites for hydroxylation is 1. The van der Waals surface area contributed by atoms with Crippen molar-refractivity contribution >= 4 is 40.6 Å². The first kappa shape index (κ1) is 50.5. The van der Waals surface area contributed by atoms with E-state index in [0.717, 1.165) is 116 Å². The van der Waals surface area contributed by atoms with Crippen molar-refractivity contribution in [2.75, 3.05) is 49.9 Å². The molecule has 0 unspecified atom stereocenters. The number of rotatable bonds is 16. The lowest BCUT2D eigenvalue weighted by atomic mass is 9.82. The van der Waals surface area contributed by atoms with Crippen molar-refractivity contribution in [1.82, 2.24) is 49.4 Å². The molecular weight excluding hydrogens is 969 g/mol. The number of nitrogen functional groups attached to an aromatic ring is 1. The number of thiazole rings is 1. The number of nitrogens with zero attached hydrogens (tertiary/aromatic N) is 10. The number of aromatic nitrogens is 7. The minimum Gasteiger partial charge on any atom is -0.507 e. The van der Waals surface area contributed by atoms with Crippen LogP contribution in [0.15, 0.2) is 89.4 Å². The van der Waals surface area contributed by atoms with Crippen LogP contribution in [0.3, 0.4) is 0 Å². The number of imidazole rings is 1. The molecule has 1 saturated carbocycles. The van der Waals surface area contributed by atoms with E-state index in [4.69, 9.17) is 15.0 Å². The zero-order valence-corrected chi connectivity index (χ0v) is 44.0. The molecule has 18 nitrogen and oxygen atoms in total.